The number of hydrogen-bond acceptors (Lipinski definition) is 3. The summed E-state index contributed by atoms with van der Waals surface area (Å²) in [5.74, 6) is -0.429. The molecule has 0 aliphatic rings. The molecule has 2 aromatic rings. The Morgan fingerprint density at radius 2 is 1.56 bits per heavy atom. The van der Waals surface area contributed by atoms with Crippen LogP contribution in [0.2, 0.25) is 0 Å². The van der Waals surface area contributed by atoms with Crippen molar-refractivity contribution in [1.29, 1.82) is 0 Å². The standard InChI is InChI=1S/C20H24N2O3/c1-2-25-18-12-10-17(11-13-18)15-22-20(24)19(23)21-14-6-9-16-7-4-3-5-8-16/h3-5,7-8,10-13H,2,6,9,14-15H2,1H3,(H,21,23)(H,22,24). The Balaban J connectivity index is 1.65. The number of carbonyl (C=O) groups excluding carboxylic acids is 2. The summed E-state index contributed by atoms with van der Waals surface area (Å²) in [5, 5.41) is 5.26. The van der Waals surface area contributed by atoms with Crippen LogP contribution in [-0.2, 0) is 22.6 Å². The molecule has 5 heteroatoms. The Morgan fingerprint density at radius 3 is 2.24 bits per heavy atom. The van der Waals surface area contributed by atoms with Gasteiger partial charge in [0.15, 0.2) is 0 Å². The summed E-state index contributed by atoms with van der Waals surface area (Å²) in [4.78, 5) is 23.6. The van der Waals surface area contributed by atoms with Crippen molar-refractivity contribution < 1.29 is 14.3 Å². The van der Waals surface area contributed by atoms with Gasteiger partial charge in [0, 0.05) is 13.1 Å². The monoisotopic (exact) mass is 340 g/mol. The van der Waals surface area contributed by atoms with Gasteiger partial charge in [0.2, 0.25) is 0 Å². The summed E-state index contributed by atoms with van der Waals surface area (Å²) in [7, 11) is 0. The molecular weight excluding hydrogens is 316 g/mol. The number of benzene rings is 2. The molecule has 0 spiro atoms. The van der Waals surface area contributed by atoms with Crippen LogP contribution in [0.4, 0.5) is 0 Å². The molecule has 0 radical (unpaired) electrons. The maximum atomic E-state index is 11.8. The highest BCUT2D eigenvalue weighted by molar-refractivity contribution is 6.35. The highest BCUT2D eigenvalue weighted by atomic mass is 16.5. The Bertz CT molecular complexity index is 669. The van der Waals surface area contributed by atoms with Crippen molar-refractivity contribution >= 4 is 11.8 Å². The Labute approximate surface area is 148 Å². The Kier molecular flexibility index (Phi) is 7.50. The molecule has 0 saturated heterocycles. The van der Waals surface area contributed by atoms with Crippen LogP contribution in [0.5, 0.6) is 5.75 Å². The van der Waals surface area contributed by atoms with Crippen molar-refractivity contribution in [3.8, 4) is 5.75 Å². The maximum Gasteiger partial charge on any atom is 0.309 e. The summed E-state index contributed by atoms with van der Waals surface area (Å²) in [6.45, 7) is 3.32. The molecule has 0 saturated carbocycles. The minimum atomic E-state index is -0.617. The minimum absolute atomic E-state index is 0.308. The first-order valence-electron chi connectivity index (χ1n) is 8.50. The van der Waals surface area contributed by atoms with Crippen LogP contribution >= 0.6 is 0 Å². The van der Waals surface area contributed by atoms with Crippen LogP contribution in [0, 0.1) is 0 Å². The Hall–Kier alpha value is -2.82. The van der Waals surface area contributed by atoms with E-state index >= 15 is 0 Å². The highest BCUT2D eigenvalue weighted by Crippen LogP contribution is 2.11. The molecule has 25 heavy (non-hydrogen) atoms. The molecule has 132 valence electrons. The summed E-state index contributed by atoms with van der Waals surface area (Å²) < 4.78 is 5.36. The van der Waals surface area contributed by atoms with E-state index in [4.69, 9.17) is 4.74 Å². The summed E-state index contributed by atoms with van der Waals surface area (Å²) >= 11 is 0. The number of ether oxygens (including phenoxy) is 1. The molecular formula is C20H24N2O3. The molecule has 0 aliphatic heterocycles. The third kappa shape index (κ3) is 6.67. The quantitative estimate of drug-likeness (QED) is 0.573. The molecule has 2 amide bonds. The van der Waals surface area contributed by atoms with Crippen molar-refractivity contribution in [2.24, 2.45) is 0 Å². The molecule has 0 atom stereocenters. The lowest BCUT2D eigenvalue weighted by Gasteiger charge is -2.08. The average Bonchev–Trinajstić information content (AvgIpc) is 2.65. The van der Waals surface area contributed by atoms with E-state index < -0.39 is 11.8 Å². The van der Waals surface area contributed by atoms with E-state index in [-0.39, 0.29) is 0 Å². The van der Waals surface area contributed by atoms with Gasteiger partial charge in [0.1, 0.15) is 5.75 Å². The first-order chi connectivity index (χ1) is 12.2. The van der Waals surface area contributed by atoms with Crippen LogP contribution in [-0.4, -0.2) is 25.0 Å². The van der Waals surface area contributed by atoms with Gasteiger partial charge in [-0.05, 0) is 43.0 Å². The number of carbonyl (C=O) groups is 2. The van der Waals surface area contributed by atoms with Crippen molar-refractivity contribution in [2.45, 2.75) is 26.3 Å². The van der Waals surface area contributed by atoms with Gasteiger partial charge in [-0.1, -0.05) is 42.5 Å². The molecule has 0 bridgehead atoms. The predicted molar refractivity (Wildman–Crippen MR) is 97.2 cm³/mol. The van der Waals surface area contributed by atoms with Crippen LogP contribution in [0.1, 0.15) is 24.5 Å². The molecule has 0 unspecified atom stereocenters. The largest absolute Gasteiger partial charge is 0.494 e. The van der Waals surface area contributed by atoms with Crippen molar-refractivity contribution in [2.75, 3.05) is 13.2 Å². The first-order valence-corrected chi connectivity index (χ1v) is 8.50. The second-order valence-electron chi connectivity index (χ2n) is 5.60. The minimum Gasteiger partial charge on any atom is -0.494 e. The zero-order chi connectivity index (χ0) is 17.9. The molecule has 2 rings (SSSR count). The van der Waals surface area contributed by atoms with Crippen molar-refractivity contribution in [1.82, 2.24) is 10.6 Å². The van der Waals surface area contributed by atoms with E-state index in [1.165, 1.54) is 5.56 Å². The Morgan fingerprint density at radius 1 is 0.880 bits per heavy atom. The van der Waals surface area contributed by atoms with Crippen LogP contribution in [0.15, 0.2) is 54.6 Å². The summed E-state index contributed by atoms with van der Waals surface area (Å²) in [6, 6.07) is 17.5. The van der Waals surface area contributed by atoms with Gasteiger partial charge in [-0.15, -0.1) is 0 Å². The molecule has 0 aliphatic carbocycles. The average molecular weight is 340 g/mol. The van der Waals surface area contributed by atoms with Crippen molar-refractivity contribution in [3.05, 3.63) is 65.7 Å². The zero-order valence-electron chi connectivity index (χ0n) is 14.5. The number of amides is 2. The molecule has 2 aromatic carbocycles. The van der Waals surface area contributed by atoms with E-state index in [1.54, 1.807) is 0 Å². The lowest BCUT2D eigenvalue weighted by molar-refractivity contribution is -0.139. The number of rotatable bonds is 8. The number of nitrogens with one attached hydrogen (secondary N) is 2. The van der Waals surface area contributed by atoms with Crippen molar-refractivity contribution in [3.63, 3.8) is 0 Å². The van der Waals surface area contributed by atoms with Gasteiger partial charge in [-0.25, -0.2) is 0 Å². The second kappa shape index (κ2) is 10.1. The van der Waals surface area contributed by atoms with E-state index in [2.05, 4.69) is 10.6 Å². The van der Waals surface area contributed by atoms with Gasteiger partial charge in [0.25, 0.3) is 0 Å². The molecule has 2 N–H and O–H groups in total. The van der Waals surface area contributed by atoms with Crippen LogP contribution in [0.3, 0.4) is 0 Å². The zero-order valence-corrected chi connectivity index (χ0v) is 14.5. The first kappa shape index (κ1) is 18.5. The topological polar surface area (TPSA) is 67.4 Å². The van der Waals surface area contributed by atoms with Gasteiger partial charge in [-0.2, -0.15) is 0 Å². The van der Waals surface area contributed by atoms with Gasteiger partial charge in [-0.3, -0.25) is 9.59 Å². The third-order valence-corrected chi connectivity index (χ3v) is 3.66. The van der Waals surface area contributed by atoms with E-state index in [0.29, 0.717) is 19.7 Å². The SMILES string of the molecule is CCOc1ccc(CNC(=O)C(=O)NCCCc2ccccc2)cc1. The van der Waals surface area contributed by atoms with Crippen LogP contribution in [0.25, 0.3) is 0 Å². The smallest absolute Gasteiger partial charge is 0.309 e. The number of hydrogen-bond donors (Lipinski definition) is 2. The van der Waals surface area contributed by atoms with E-state index in [9.17, 15) is 9.59 Å². The lowest BCUT2D eigenvalue weighted by atomic mass is 10.1. The van der Waals surface area contributed by atoms with Crippen LogP contribution < -0.4 is 15.4 Å². The summed E-state index contributed by atoms with van der Waals surface area (Å²) in [6.07, 6.45) is 1.66. The molecule has 0 heterocycles. The van der Waals surface area contributed by atoms with E-state index in [0.717, 1.165) is 24.2 Å². The second-order valence-corrected chi connectivity index (χ2v) is 5.60. The van der Waals surface area contributed by atoms with Gasteiger partial charge >= 0.3 is 11.8 Å². The molecule has 5 nitrogen and oxygen atoms in total. The van der Waals surface area contributed by atoms with Gasteiger partial charge in [0.05, 0.1) is 6.61 Å². The molecule has 0 aromatic heterocycles. The highest BCUT2D eigenvalue weighted by Gasteiger charge is 2.12. The van der Waals surface area contributed by atoms with Gasteiger partial charge < -0.3 is 15.4 Å². The predicted octanol–water partition coefficient (Wildman–Crippen LogP) is 2.45. The molecule has 0 fully saturated rings. The fraction of sp³-hybridized carbons (Fsp3) is 0.300. The summed E-state index contributed by atoms with van der Waals surface area (Å²) in [5.41, 5.74) is 2.13. The fourth-order valence-electron chi connectivity index (χ4n) is 2.35. The van der Waals surface area contributed by atoms with E-state index in [1.807, 2.05) is 61.5 Å². The number of aryl methyl sites for hydroxylation is 1. The maximum absolute atomic E-state index is 11.8. The normalized spacial score (nSPS) is 10.1. The lowest BCUT2D eigenvalue weighted by Crippen LogP contribution is -2.40. The third-order valence-electron chi connectivity index (χ3n) is 3.66. The fourth-order valence-corrected chi connectivity index (χ4v) is 2.35.